The summed E-state index contributed by atoms with van der Waals surface area (Å²) < 4.78 is 5.25. The van der Waals surface area contributed by atoms with E-state index >= 15 is 0 Å². The molecule has 14 heavy (non-hydrogen) atoms. The van der Waals surface area contributed by atoms with Crippen molar-refractivity contribution in [1.29, 1.82) is 0 Å². The van der Waals surface area contributed by atoms with Gasteiger partial charge >= 0.3 is 0 Å². The predicted molar refractivity (Wildman–Crippen MR) is 56.1 cm³/mol. The Bertz CT molecular complexity index is 325. The van der Waals surface area contributed by atoms with E-state index in [0.717, 1.165) is 0 Å². The van der Waals surface area contributed by atoms with Crippen LogP contribution in [-0.2, 0) is 0 Å². The molecular weight excluding hydrogens is 180 g/mol. The fourth-order valence-corrected chi connectivity index (χ4v) is 0.987. The van der Waals surface area contributed by atoms with Gasteiger partial charge in [0.25, 0.3) is 0 Å². The number of nitrogens with two attached hydrogens (primary N) is 2. The lowest BCUT2D eigenvalue weighted by molar-refractivity contribution is 0.326. The van der Waals surface area contributed by atoms with Crippen LogP contribution in [0.1, 0.15) is 32.5 Å². The van der Waals surface area contributed by atoms with Crippen LogP contribution >= 0.6 is 0 Å². The Balaban J connectivity index is 3.14. The van der Waals surface area contributed by atoms with E-state index < -0.39 is 0 Å². The van der Waals surface area contributed by atoms with Crippen LogP contribution in [0.4, 0.5) is 11.5 Å². The van der Waals surface area contributed by atoms with E-state index in [4.69, 9.17) is 16.2 Å². The van der Waals surface area contributed by atoms with Crippen molar-refractivity contribution < 1.29 is 4.74 Å². The molecule has 0 radical (unpaired) electrons. The second kappa shape index (κ2) is 4.13. The van der Waals surface area contributed by atoms with Gasteiger partial charge in [-0.05, 0) is 6.92 Å². The molecule has 1 aromatic rings. The molecule has 0 amide bonds. The van der Waals surface area contributed by atoms with E-state index in [9.17, 15) is 0 Å². The first kappa shape index (κ1) is 10.6. The van der Waals surface area contributed by atoms with Crippen LogP contribution in [0.15, 0.2) is 0 Å². The van der Waals surface area contributed by atoms with Gasteiger partial charge in [0.1, 0.15) is 11.5 Å². The van der Waals surface area contributed by atoms with E-state index in [0.29, 0.717) is 24.0 Å². The first-order valence-corrected chi connectivity index (χ1v) is 4.62. The Hall–Kier alpha value is -1.52. The number of anilines is 2. The predicted octanol–water partition coefficient (Wildman–Crippen LogP) is 1.16. The molecule has 0 aliphatic carbocycles. The van der Waals surface area contributed by atoms with Crippen LogP contribution < -0.4 is 16.2 Å². The van der Waals surface area contributed by atoms with Gasteiger partial charge in [0.05, 0.1) is 6.61 Å². The van der Waals surface area contributed by atoms with Crippen LogP contribution in [0.5, 0.6) is 5.88 Å². The number of nitrogen functional groups attached to an aromatic ring is 2. The molecule has 0 aromatic carbocycles. The minimum Gasteiger partial charge on any atom is -0.476 e. The summed E-state index contributed by atoms with van der Waals surface area (Å²) in [4.78, 5) is 8.26. The Kier molecular flexibility index (Phi) is 3.11. The van der Waals surface area contributed by atoms with Crippen molar-refractivity contribution in [3.05, 3.63) is 5.82 Å². The lowest BCUT2D eigenvalue weighted by Gasteiger charge is -2.11. The van der Waals surface area contributed by atoms with E-state index in [1.54, 1.807) is 0 Å². The Morgan fingerprint density at radius 3 is 2.43 bits per heavy atom. The Morgan fingerprint density at radius 1 is 1.29 bits per heavy atom. The summed E-state index contributed by atoms with van der Waals surface area (Å²) in [7, 11) is 0. The molecule has 1 aromatic heterocycles. The molecular formula is C9H16N4O. The molecule has 5 nitrogen and oxygen atoms in total. The number of rotatable bonds is 3. The summed E-state index contributed by atoms with van der Waals surface area (Å²) >= 11 is 0. The summed E-state index contributed by atoms with van der Waals surface area (Å²) in [6, 6.07) is 0. The zero-order valence-electron chi connectivity index (χ0n) is 8.74. The van der Waals surface area contributed by atoms with Gasteiger partial charge in [-0.25, -0.2) is 4.98 Å². The SMILES string of the molecule is CCOc1nc(C(C)C)nc(N)c1N. The van der Waals surface area contributed by atoms with Gasteiger partial charge in [-0.15, -0.1) is 0 Å². The number of aromatic nitrogens is 2. The van der Waals surface area contributed by atoms with Crippen LogP contribution in [0.2, 0.25) is 0 Å². The highest BCUT2D eigenvalue weighted by atomic mass is 16.5. The summed E-state index contributed by atoms with van der Waals surface area (Å²) in [6.07, 6.45) is 0. The summed E-state index contributed by atoms with van der Waals surface area (Å²) in [5, 5.41) is 0. The largest absolute Gasteiger partial charge is 0.476 e. The molecule has 1 rings (SSSR count). The zero-order chi connectivity index (χ0) is 10.7. The highest BCUT2D eigenvalue weighted by molar-refractivity contribution is 5.64. The average molecular weight is 196 g/mol. The highest BCUT2D eigenvalue weighted by Gasteiger charge is 2.12. The number of nitrogens with zero attached hydrogens (tertiary/aromatic N) is 2. The van der Waals surface area contributed by atoms with Crippen LogP contribution in [0, 0.1) is 0 Å². The van der Waals surface area contributed by atoms with E-state index in [2.05, 4.69) is 9.97 Å². The average Bonchev–Trinajstić information content (AvgIpc) is 2.12. The van der Waals surface area contributed by atoms with Crippen molar-refractivity contribution in [2.75, 3.05) is 18.1 Å². The van der Waals surface area contributed by atoms with Crippen LogP contribution in [0.25, 0.3) is 0 Å². The van der Waals surface area contributed by atoms with E-state index in [1.165, 1.54) is 0 Å². The van der Waals surface area contributed by atoms with Gasteiger partial charge in [0, 0.05) is 5.92 Å². The smallest absolute Gasteiger partial charge is 0.242 e. The quantitative estimate of drug-likeness (QED) is 0.757. The fourth-order valence-electron chi connectivity index (χ4n) is 0.987. The fraction of sp³-hybridized carbons (Fsp3) is 0.556. The molecule has 0 aliphatic rings. The van der Waals surface area contributed by atoms with Crippen molar-refractivity contribution in [2.45, 2.75) is 26.7 Å². The van der Waals surface area contributed by atoms with Gasteiger partial charge in [-0.2, -0.15) is 4.98 Å². The summed E-state index contributed by atoms with van der Waals surface area (Å²) in [5.74, 6) is 1.52. The zero-order valence-corrected chi connectivity index (χ0v) is 8.74. The maximum Gasteiger partial charge on any atom is 0.242 e. The third kappa shape index (κ3) is 2.04. The second-order valence-electron chi connectivity index (χ2n) is 3.27. The van der Waals surface area contributed by atoms with Gasteiger partial charge in [-0.3, -0.25) is 0 Å². The first-order chi connectivity index (χ1) is 6.56. The standard InChI is InChI=1S/C9H16N4O/c1-4-14-9-6(10)7(11)12-8(13-9)5(2)3/h5H,4,10H2,1-3H3,(H2,11,12,13). The Morgan fingerprint density at radius 2 is 1.93 bits per heavy atom. The van der Waals surface area contributed by atoms with Crippen molar-refractivity contribution in [1.82, 2.24) is 9.97 Å². The second-order valence-corrected chi connectivity index (χ2v) is 3.27. The Labute approximate surface area is 83.5 Å². The monoisotopic (exact) mass is 196 g/mol. The molecule has 0 atom stereocenters. The van der Waals surface area contributed by atoms with Crippen LogP contribution in [-0.4, -0.2) is 16.6 Å². The van der Waals surface area contributed by atoms with Gasteiger partial charge in [-0.1, -0.05) is 13.8 Å². The molecule has 4 N–H and O–H groups in total. The number of hydrogen-bond acceptors (Lipinski definition) is 5. The summed E-state index contributed by atoms with van der Waals surface area (Å²) in [6.45, 7) is 6.35. The maximum absolute atomic E-state index is 5.66. The van der Waals surface area contributed by atoms with Gasteiger partial charge in [0.15, 0.2) is 5.82 Å². The molecule has 0 spiro atoms. The highest BCUT2D eigenvalue weighted by Crippen LogP contribution is 2.25. The maximum atomic E-state index is 5.66. The van der Waals surface area contributed by atoms with E-state index in [1.807, 2.05) is 20.8 Å². The molecule has 5 heteroatoms. The molecule has 0 fully saturated rings. The van der Waals surface area contributed by atoms with Crippen molar-refractivity contribution >= 4 is 11.5 Å². The third-order valence-electron chi connectivity index (χ3n) is 1.75. The molecule has 1 heterocycles. The van der Waals surface area contributed by atoms with Crippen LogP contribution in [0.3, 0.4) is 0 Å². The molecule has 0 unspecified atom stereocenters. The van der Waals surface area contributed by atoms with Gasteiger partial charge in [0.2, 0.25) is 5.88 Å². The lowest BCUT2D eigenvalue weighted by atomic mass is 10.2. The number of ether oxygens (including phenoxy) is 1. The van der Waals surface area contributed by atoms with E-state index in [-0.39, 0.29) is 11.7 Å². The normalized spacial score (nSPS) is 10.6. The molecule has 0 saturated heterocycles. The minimum absolute atomic E-state index is 0.206. The van der Waals surface area contributed by atoms with Gasteiger partial charge < -0.3 is 16.2 Å². The number of hydrogen-bond donors (Lipinski definition) is 2. The third-order valence-corrected chi connectivity index (χ3v) is 1.75. The van der Waals surface area contributed by atoms with Crippen molar-refractivity contribution in [3.8, 4) is 5.88 Å². The molecule has 0 aliphatic heterocycles. The lowest BCUT2D eigenvalue weighted by Crippen LogP contribution is -2.09. The first-order valence-electron chi connectivity index (χ1n) is 4.62. The molecule has 0 bridgehead atoms. The molecule has 78 valence electrons. The van der Waals surface area contributed by atoms with Crippen molar-refractivity contribution in [2.24, 2.45) is 0 Å². The van der Waals surface area contributed by atoms with Crippen molar-refractivity contribution in [3.63, 3.8) is 0 Å². The topological polar surface area (TPSA) is 87.0 Å². The molecule has 0 saturated carbocycles. The summed E-state index contributed by atoms with van der Waals surface area (Å²) in [5.41, 5.74) is 11.6. The minimum atomic E-state index is 0.206.